The Labute approximate surface area is 633 Å². The molecule has 3 aliphatic rings. The molecule has 8 aromatic carbocycles. The highest BCUT2D eigenvalue weighted by atomic mass is 16.8. The minimum atomic E-state index is -2.13. The predicted octanol–water partition coefficient (Wildman–Crippen LogP) is 10.3. The number of benzene rings is 8. The largest absolute Gasteiger partial charge is 0.469 e. The van der Waals surface area contributed by atoms with Crippen molar-refractivity contribution in [1.82, 2.24) is 0 Å². The van der Waals surface area contributed by atoms with Crippen molar-refractivity contribution in [3.8, 4) is 0 Å². The summed E-state index contributed by atoms with van der Waals surface area (Å²) in [4.78, 5) is 127. The summed E-state index contributed by atoms with van der Waals surface area (Å²) in [6.07, 6.45) is -24.7. The highest BCUT2D eigenvalue weighted by Gasteiger charge is 2.58. The minimum absolute atomic E-state index is 0.00210. The van der Waals surface area contributed by atoms with Crippen LogP contribution in [0.25, 0.3) is 0 Å². The summed E-state index contributed by atoms with van der Waals surface area (Å²) in [7, 11) is 1.32. The first-order chi connectivity index (χ1) is 53.6. The van der Waals surface area contributed by atoms with E-state index in [-0.39, 0.29) is 63.5 Å². The van der Waals surface area contributed by atoms with E-state index in [1.807, 2.05) is 0 Å². The number of hydrogen-bond donors (Lipinski definition) is 2. The Hall–Kier alpha value is -11.3. The minimum Gasteiger partial charge on any atom is -0.469 e. The third-order valence-electron chi connectivity index (χ3n) is 18.1. The molecule has 15 atom stereocenters. The molecule has 3 saturated heterocycles. The number of aliphatic hydroxyl groups is 2. The van der Waals surface area contributed by atoms with Gasteiger partial charge < -0.3 is 81.3 Å². The van der Waals surface area contributed by atoms with Crippen molar-refractivity contribution < 1.29 is 124 Å². The number of carbonyl (C=O) groups is 9. The molecule has 11 rings (SSSR count). The lowest BCUT2D eigenvalue weighted by molar-refractivity contribution is -0.364. The molecule has 2 N–H and O–H groups in total. The van der Waals surface area contributed by atoms with Crippen LogP contribution in [0.15, 0.2) is 243 Å². The van der Waals surface area contributed by atoms with E-state index in [0.29, 0.717) is 25.7 Å². The average Bonchev–Trinajstić information content (AvgIpc) is 0.770. The maximum Gasteiger partial charge on any atom is 0.338 e. The number of esters is 9. The van der Waals surface area contributed by atoms with Crippen molar-refractivity contribution in [1.29, 1.82) is 0 Å². The SMILES string of the molecule is COC(=O)CCCCCCCCO[C@H]1O[C@H](CO[C@H]2O[C@H](COC(=O)c3ccccc3)[C@@H](OC(=O)c3ccccc3)[C@H](OC(=O)c3ccccc3)[C@@H]2OC(=O)c2ccccc2)[C@@H](O)[C@H](O[C@H]2O[C@H](COC(=O)c3ccccc3)[C@@H](OC(=O)c3ccccc3)[C@H](OC(=O)c3ccccc3)[C@@H]2OC(=O)c2ccccc2)[C@@H]1O. The normalized spacial score (nSPS) is 23.5. The van der Waals surface area contributed by atoms with Gasteiger partial charge in [-0.1, -0.05) is 171 Å². The third-order valence-corrected chi connectivity index (χ3v) is 18.1. The molecular formula is C84H82O26. The lowest BCUT2D eigenvalue weighted by Gasteiger charge is -2.48. The van der Waals surface area contributed by atoms with Gasteiger partial charge in [0.2, 0.25) is 0 Å². The summed E-state index contributed by atoms with van der Waals surface area (Å²) in [5.41, 5.74) is 0.163. The van der Waals surface area contributed by atoms with Crippen molar-refractivity contribution in [2.45, 2.75) is 137 Å². The van der Waals surface area contributed by atoms with E-state index >= 15 is 0 Å². The molecule has 26 heteroatoms. The highest BCUT2D eigenvalue weighted by Crippen LogP contribution is 2.38. The van der Waals surface area contributed by atoms with Crippen LogP contribution in [0.3, 0.4) is 0 Å². The molecule has 0 aromatic heterocycles. The van der Waals surface area contributed by atoms with Crippen molar-refractivity contribution in [2.75, 3.05) is 33.5 Å². The Balaban J connectivity index is 0.980. The van der Waals surface area contributed by atoms with Crippen LogP contribution in [0.5, 0.6) is 0 Å². The van der Waals surface area contributed by atoms with Crippen LogP contribution in [0, 0.1) is 0 Å². The van der Waals surface area contributed by atoms with Crippen LogP contribution in [0.1, 0.15) is 128 Å². The first kappa shape index (κ1) is 79.7. The second-order valence-electron chi connectivity index (χ2n) is 25.7. The van der Waals surface area contributed by atoms with Gasteiger partial charge in [-0.2, -0.15) is 0 Å². The Morgan fingerprint density at radius 3 is 0.936 bits per heavy atom. The molecule has 0 spiro atoms. The van der Waals surface area contributed by atoms with Crippen LogP contribution in [-0.2, 0) is 75.8 Å². The van der Waals surface area contributed by atoms with Crippen LogP contribution < -0.4 is 0 Å². The molecule has 26 nitrogen and oxygen atoms in total. The Kier molecular flexibility index (Phi) is 29.1. The molecule has 0 amide bonds. The summed E-state index contributed by atoms with van der Waals surface area (Å²) in [5.74, 6) is -8.16. The average molecular weight is 1510 g/mol. The van der Waals surface area contributed by atoms with Gasteiger partial charge in [-0.15, -0.1) is 0 Å². The number of unbranched alkanes of at least 4 members (excludes halogenated alkanes) is 5. The summed E-state index contributed by atoms with van der Waals surface area (Å²) in [6.45, 7) is -2.49. The van der Waals surface area contributed by atoms with Crippen LogP contribution in [0.2, 0.25) is 0 Å². The Morgan fingerprint density at radius 2 is 0.582 bits per heavy atom. The monoisotopic (exact) mass is 1510 g/mol. The fraction of sp³-hybridized carbons (Fsp3) is 0.321. The lowest BCUT2D eigenvalue weighted by atomic mass is 9.95. The van der Waals surface area contributed by atoms with Crippen LogP contribution >= 0.6 is 0 Å². The standard InChI is InChI=1S/C84H82O26/c1-96-64(85)48-30-4-2-3-5-31-49-97-82-66(87)69(110-84-73(109-81(95)60-46-28-13-29-47-60)71(107-79(93)58-42-24-11-25-43-58)68(105-77(91)56-38-20-9-21-39-56)63(103-84)52-99-75(89)54-34-16-7-17-35-54)65(86)61(101-82)50-100-83-72(108-80(94)59-44-26-12-27-45-59)70(106-78(92)57-40-22-10-23-41-57)67(104-76(90)55-36-18-8-19-37-55)62(102-83)51-98-74(88)53-32-14-6-15-33-53/h6-29,32-47,61-63,65-73,82-84,86-87H,2-5,30-31,48-52H2,1H3/t61-,62-,63-,65-,66+,67-,68-,69+,70+,71+,72+,73+,82+,83+,84-/m1/s1. The van der Waals surface area contributed by atoms with Gasteiger partial charge in [-0.3, -0.25) is 4.79 Å². The molecule has 0 bridgehead atoms. The summed E-state index contributed by atoms with van der Waals surface area (Å²) < 4.78 is 93.8. The smallest absolute Gasteiger partial charge is 0.338 e. The summed E-state index contributed by atoms with van der Waals surface area (Å²) in [6, 6.07) is 61.6. The van der Waals surface area contributed by atoms with Crippen molar-refractivity contribution in [3.05, 3.63) is 287 Å². The highest BCUT2D eigenvalue weighted by molar-refractivity contribution is 5.93. The molecule has 0 aliphatic carbocycles. The van der Waals surface area contributed by atoms with E-state index < -0.39 is 160 Å². The van der Waals surface area contributed by atoms with Crippen molar-refractivity contribution >= 4 is 53.7 Å². The van der Waals surface area contributed by atoms with E-state index in [1.54, 1.807) is 146 Å². The maximum atomic E-state index is 14.7. The first-order valence-corrected chi connectivity index (χ1v) is 35.9. The molecule has 8 aromatic rings. The van der Waals surface area contributed by atoms with Crippen LogP contribution in [-0.4, -0.2) is 190 Å². The molecule has 574 valence electrons. The molecule has 0 unspecified atom stereocenters. The number of hydrogen-bond acceptors (Lipinski definition) is 26. The topological polar surface area (TPSA) is 333 Å². The zero-order valence-electron chi connectivity index (χ0n) is 59.7. The van der Waals surface area contributed by atoms with E-state index in [2.05, 4.69) is 0 Å². The van der Waals surface area contributed by atoms with Gasteiger partial charge in [0.1, 0.15) is 49.8 Å². The molecule has 110 heavy (non-hydrogen) atoms. The Morgan fingerprint density at radius 1 is 0.291 bits per heavy atom. The maximum absolute atomic E-state index is 14.7. The van der Waals surface area contributed by atoms with Gasteiger partial charge in [-0.25, -0.2) is 38.4 Å². The van der Waals surface area contributed by atoms with Gasteiger partial charge in [0.15, 0.2) is 55.5 Å². The van der Waals surface area contributed by atoms with Gasteiger partial charge in [0.05, 0.1) is 58.2 Å². The van der Waals surface area contributed by atoms with Gasteiger partial charge in [0.25, 0.3) is 0 Å². The number of methoxy groups -OCH3 is 1. The zero-order valence-corrected chi connectivity index (χ0v) is 59.7. The van der Waals surface area contributed by atoms with Gasteiger partial charge in [-0.05, 0) is 110 Å². The second kappa shape index (κ2) is 40.2. The van der Waals surface area contributed by atoms with E-state index in [9.17, 15) is 53.4 Å². The van der Waals surface area contributed by atoms with Gasteiger partial charge in [0, 0.05) is 13.0 Å². The van der Waals surface area contributed by atoms with Crippen LogP contribution in [0.4, 0.5) is 0 Å². The summed E-state index contributed by atoms with van der Waals surface area (Å²) in [5, 5.41) is 25.8. The van der Waals surface area contributed by atoms with E-state index in [1.165, 1.54) is 104 Å². The predicted molar refractivity (Wildman–Crippen MR) is 386 cm³/mol. The molecule has 3 aliphatic heterocycles. The van der Waals surface area contributed by atoms with Crippen molar-refractivity contribution in [2.24, 2.45) is 0 Å². The lowest BCUT2D eigenvalue weighted by Crippen LogP contribution is -2.67. The fourth-order valence-electron chi connectivity index (χ4n) is 12.4. The third kappa shape index (κ3) is 21.8. The van der Waals surface area contributed by atoms with Gasteiger partial charge >= 0.3 is 53.7 Å². The fourth-order valence-corrected chi connectivity index (χ4v) is 12.4. The van der Waals surface area contributed by atoms with E-state index in [4.69, 9.17) is 71.1 Å². The molecule has 0 saturated carbocycles. The second-order valence-corrected chi connectivity index (χ2v) is 25.7. The molecule has 3 heterocycles. The quantitative estimate of drug-likeness (QED) is 0.0219. The number of rotatable bonds is 33. The number of ether oxygens (including phenoxy) is 15. The number of aliphatic hydroxyl groups excluding tert-OH is 2. The summed E-state index contributed by atoms with van der Waals surface area (Å²) >= 11 is 0. The van der Waals surface area contributed by atoms with Crippen molar-refractivity contribution in [3.63, 3.8) is 0 Å². The molecular weight excluding hydrogens is 1420 g/mol. The van der Waals surface area contributed by atoms with E-state index in [0.717, 1.165) is 12.8 Å². The Bertz CT molecular complexity index is 4280. The number of carbonyl (C=O) groups excluding carboxylic acids is 9. The zero-order chi connectivity index (χ0) is 77.1. The first-order valence-electron chi connectivity index (χ1n) is 35.9. The molecule has 0 radical (unpaired) electrons. The molecule has 3 fully saturated rings.